The lowest BCUT2D eigenvalue weighted by molar-refractivity contribution is 0.319. The van der Waals surface area contributed by atoms with Crippen molar-refractivity contribution in [3.05, 3.63) is 40.8 Å². The SMILES string of the molecule is O=c1[nH]ccc2cc(OCCCCl)ccc12. The van der Waals surface area contributed by atoms with E-state index >= 15 is 0 Å². The summed E-state index contributed by atoms with van der Waals surface area (Å²) < 4.78 is 5.50. The van der Waals surface area contributed by atoms with Gasteiger partial charge in [0, 0.05) is 17.5 Å². The van der Waals surface area contributed by atoms with Crippen molar-refractivity contribution < 1.29 is 4.74 Å². The molecule has 0 atom stereocenters. The number of fused-ring (bicyclic) bond motifs is 1. The van der Waals surface area contributed by atoms with Gasteiger partial charge >= 0.3 is 0 Å². The van der Waals surface area contributed by atoms with Crippen molar-refractivity contribution in [1.29, 1.82) is 0 Å². The van der Waals surface area contributed by atoms with Gasteiger partial charge in [-0.25, -0.2) is 0 Å². The van der Waals surface area contributed by atoms with E-state index < -0.39 is 0 Å². The summed E-state index contributed by atoms with van der Waals surface area (Å²) in [6, 6.07) is 7.28. The van der Waals surface area contributed by atoms with Gasteiger partial charge in [-0.05, 0) is 36.1 Å². The van der Waals surface area contributed by atoms with Crippen LogP contribution in [0.1, 0.15) is 6.42 Å². The monoisotopic (exact) mass is 237 g/mol. The predicted molar refractivity (Wildman–Crippen MR) is 65.4 cm³/mol. The molecule has 1 heterocycles. The number of alkyl halides is 1. The Hall–Kier alpha value is -1.48. The normalized spacial score (nSPS) is 10.6. The average molecular weight is 238 g/mol. The van der Waals surface area contributed by atoms with Crippen molar-refractivity contribution in [3.8, 4) is 5.75 Å². The van der Waals surface area contributed by atoms with Crippen LogP contribution in [0.5, 0.6) is 5.75 Å². The van der Waals surface area contributed by atoms with Crippen LogP contribution in [0.3, 0.4) is 0 Å². The first-order chi connectivity index (χ1) is 7.81. The van der Waals surface area contributed by atoms with E-state index in [4.69, 9.17) is 16.3 Å². The molecule has 16 heavy (non-hydrogen) atoms. The molecule has 0 amide bonds. The molecule has 2 aromatic rings. The molecular weight excluding hydrogens is 226 g/mol. The molecule has 4 heteroatoms. The minimum atomic E-state index is -0.0789. The second-order valence-corrected chi connectivity index (χ2v) is 3.82. The van der Waals surface area contributed by atoms with E-state index in [0.717, 1.165) is 17.6 Å². The standard InChI is InChI=1S/C12H12ClNO2/c13-5-1-7-16-10-2-3-11-9(8-10)4-6-14-12(11)15/h2-4,6,8H,1,5,7H2,(H,14,15). The van der Waals surface area contributed by atoms with E-state index in [0.29, 0.717) is 17.9 Å². The summed E-state index contributed by atoms with van der Waals surface area (Å²) in [5.41, 5.74) is -0.0789. The van der Waals surface area contributed by atoms with Crippen LogP contribution in [-0.2, 0) is 0 Å². The second-order valence-electron chi connectivity index (χ2n) is 3.45. The minimum Gasteiger partial charge on any atom is -0.494 e. The maximum atomic E-state index is 11.4. The Morgan fingerprint density at radius 2 is 2.19 bits per heavy atom. The molecule has 1 aromatic heterocycles. The van der Waals surface area contributed by atoms with Gasteiger partial charge in [-0.3, -0.25) is 4.79 Å². The van der Waals surface area contributed by atoms with Crippen LogP contribution in [0.2, 0.25) is 0 Å². The van der Waals surface area contributed by atoms with Gasteiger partial charge < -0.3 is 9.72 Å². The van der Waals surface area contributed by atoms with Crippen LogP contribution in [0.4, 0.5) is 0 Å². The number of aromatic nitrogens is 1. The van der Waals surface area contributed by atoms with Gasteiger partial charge in [0.1, 0.15) is 5.75 Å². The van der Waals surface area contributed by atoms with Crippen LogP contribution in [0, 0.1) is 0 Å². The fourth-order valence-electron chi connectivity index (χ4n) is 1.50. The molecule has 0 bridgehead atoms. The maximum Gasteiger partial charge on any atom is 0.255 e. The van der Waals surface area contributed by atoms with Gasteiger partial charge in [-0.2, -0.15) is 0 Å². The first-order valence-corrected chi connectivity index (χ1v) is 5.65. The van der Waals surface area contributed by atoms with Crippen LogP contribution < -0.4 is 10.3 Å². The topological polar surface area (TPSA) is 42.1 Å². The summed E-state index contributed by atoms with van der Waals surface area (Å²) in [4.78, 5) is 14.1. The first kappa shape index (κ1) is 11.0. The Kier molecular flexibility index (Phi) is 3.47. The number of aromatic amines is 1. The van der Waals surface area contributed by atoms with E-state index in [2.05, 4.69) is 4.98 Å². The summed E-state index contributed by atoms with van der Waals surface area (Å²) in [7, 11) is 0. The fraction of sp³-hybridized carbons (Fsp3) is 0.250. The van der Waals surface area contributed by atoms with Gasteiger partial charge in [0.15, 0.2) is 0 Å². The maximum absolute atomic E-state index is 11.4. The zero-order chi connectivity index (χ0) is 11.4. The van der Waals surface area contributed by atoms with Crippen molar-refractivity contribution in [1.82, 2.24) is 4.98 Å². The quantitative estimate of drug-likeness (QED) is 0.656. The van der Waals surface area contributed by atoms with Gasteiger partial charge in [-0.15, -0.1) is 11.6 Å². The van der Waals surface area contributed by atoms with Crippen molar-refractivity contribution in [2.45, 2.75) is 6.42 Å². The Bertz CT molecular complexity index is 536. The number of halogens is 1. The zero-order valence-electron chi connectivity index (χ0n) is 8.70. The molecule has 1 N–H and O–H groups in total. The van der Waals surface area contributed by atoms with E-state index in [1.54, 1.807) is 18.3 Å². The molecule has 84 valence electrons. The number of nitrogens with one attached hydrogen (secondary N) is 1. The zero-order valence-corrected chi connectivity index (χ0v) is 9.46. The van der Waals surface area contributed by atoms with Crippen molar-refractivity contribution in [2.75, 3.05) is 12.5 Å². The van der Waals surface area contributed by atoms with Gasteiger partial charge in [-0.1, -0.05) is 0 Å². The largest absolute Gasteiger partial charge is 0.494 e. The number of H-pyrrole nitrogens is 1. The summed E-state index contributed by atoms with van der Waals surface area (Å²) in [5.74, 6) is 1.36. The third kappa shape index (κ3) is 2.36. The highest BCUT2D eigenvalue weighted by Crippen LogP contribution is 2.17. The van der Waals surface area contributed by atoms with Crippen LogP contribution in [0.15, 0.2) is 35.3 Å². The number of benzene rings is 1. The highest BCUT2D eigenvalue weighted by molar-refractivity contribution is 6.17. The third-order valence-corrected chi connectivity index (χ3v) is 2.56. The first-order valence-electron chi connectivity index (χ1n) is 5.11. The van der Waals surface area contributed by atoms with Crippen molar-refractivity contribution >= 4 is 22.4 Å². The fourth-order valence-corrected chi connectivity index (χ4v) is 1.61. The second kappa shape index (κ2) is 5.03. The molecule has 0 fully saturated rings. The Morgan fingerprint density at radius 3 is 3.00 bits per heavy atom. The van der Waals surface area contributed by atoms with Crippen molar-refractivity contribution in [2.24, 2.45) is 0 Å². The summed E-state index contributed by atoms with van der Waals surface area (Å²) in [5, 5.41) is 1.55. The van der Waals surface area contributed by atoms with Crippen LogP contribution in [0.25, 0.3) is 10.8 Å². The molecule has 0 saturated carbocycles. The van der Waals surface area contributed by atoms with Gasteiger partial charge in [0.2, 0.25) is 0 Å². The number of pyridine rings is 1. The molecule has 0 aliphatic rings. The molecule has 3 nitrogen and oxygen atoms in total. The molecule has 0 spiro atoms. The average Bonchev–Trinajstić information content (AvgIpc) is 2.30. The molecular formula is C12H12ClNO2. The van der Waals surface area contributed by atoms with E-state index in [9.17, 15) is 4.79 Å². The highest BCUT2D eigenvalue weighted by Gasteiger charge is 1.99. The van der Waals surface area contributed by atoms with Crippen LogP contribution in [-0.4, -0.2) is 17.5 Å². The lowest BCUT2D eigenvalue weighted by Gasteiger charge is -2.05. The van der Waals surface area contributed by atoms with Crippen LogP contribution >= 0.6 is 11.6 Å². The molecule has 0 aliphatic carbocycles. The molecule has 0 aliphatic heterocycles. The summed E-state index contributed by atoms with van der Waals surface area (Å²) in [6.07, 6.45) is 2.45. The molecule has 0 saturated heterocycles. The number of ether oxygens (including phenoxy) is 1. The predicted octanol–water partition coefficient (Wildman–Crippen LogP) is 2.54. The van der Waals surface area contributed by atoms with Crippen molar-refractivity contribution in [3.63, 3.8) is 0 Å². The summed E-state index contributed by atoms with van der Waals surface area (Å²) >= 11 is 5.56. The third-order valence-electron chi connectivity index (χ3n) is 2.29. The molecule has 2 rings (SSSR count). The Morgan fingerprint density at radius 1 is 1.31 bits per heavy atom. The Balaban J connectivity index is 2.27. The van der Waals surface area contributed by atoms with E-state index in [-0.39, 0.29) is 5.56 Å². The number of rotatable bonds is 4. The minimum absolute atomic E-state index is 0.0789. The Labute approximate surface area is 98.0 Å². The number of hydrogen-bond donors (Lipinski definition) is 1. The molecule has 0 unspecified atom stereocenters. The van der Waals surface area contributed by atoms with Gasteiger partial charge in [0.25, 0.3) is 5.56 Å². The lowest BCUT2D eigenvalue weighted by atomic mass is 10.2. The van der Waals surface area contributed by atoms with E-state index in [1.165, 1.54) is 0 Å². The molecule has 1 aromatic carbocycles. The summed E-state index contributed by atoms with van der Waals surface area (Å²) in [6.45, 7) is 0.595. The smallest absolute Gasteiger partial charge is 0.255 e. The molecule has 0 radical (unpaired) electrons. The van der Waals surface area contributed by atoms with E-state index in [1.807, 2.05) is 12.1 Å². The number of hydrogen-bond acceptors (Lipinski definition) is 2. The highest BCUT2D eigenvalue weighted by atomic mass is 35.5. The lowest BCUT2D eigenvalue weighted by Crippen LogP contribution is -2.04. The van der Waals surface area contributed by atoms with Gasteiger partial charge in [0.05, 0.1) is 6.61 Å².